The molecule has 0 saturated carbocycles. The highest BCUT2D eigenvalue weighted by Gasteiger charge is 2.31. The van der Waals surface area contributed by atoms with Crippen LogP contribution in [0.15, 0.2) is 12.1 Å². The summed E-state index contributed by atoms with van der Waals surface area (Å²) in [6.45, 7) is 15.6. The zero-order chi connectivity index (χ0) is 13.5. The molecule has 0 spiro atoms. The number of nitrogens with one attached hydrogen (secondary N) is 1. The highest BCUT2D eigenvalue weighted by molar-refractivity contribution is 5.61. The van der Waals surface area contributed by atoms with Crippen LogP contribution in [-0.2, 0) is 0 Å². The Morgan fingerprint density at radius 2 is 1.72 bits per heavy atom. The molecule has 1 atom stereocenters. The van der Waals surface area contributed by atoms with Crippen molar-refractivity contribution in [2.75, 3.05) is 18.0 Å². The van der Waals surface area contributed by atoms with Gasteiger partial charge in [0.25, 0.3) is 0 Å². The lowest BCUT2D eigenvalue weighted by molar-refractivity contribution is 0.318. The van der Waals surface area contributed by atoms with E-state index in [9.17, 15) is 0 Å². The standard InChI is InChI=1S/C16H26N2/c1-11-7-12(2)15(13(3)8-11)18-10-16(5,6)17-9-14(18)4/h7-8,14,17H,9-10H2,1-6H3. The van der Waals surface area contributed by atoms with Crippen LogP contribution in [0.3, 0.4) is 0 Å². The van der Waals surface area contributed by atoms with Gasteiger partial charge in [-0.1, -0.05) is 17.7 Å². The first-order valence-electron chi connectivity index (χ1n) is 6.90. The van der Waals surface area contributed by atoms with Gasteiger partial charge in [0.2, 0.25) is 0 Å². The van der Waals surface area contributed by atoms with E-state index >= 15 is 0 Å². The third-order valence-electron chi connectivity index (χ3n) is 3.90. The van der Waals surface area contributed by atoms with Crippen molar-refractivity contribution in [3.63, 3.8) is 0 Å². The minimum atomic E-state index is 0.191. The van der Waals surface area contributed by atoms with Crippen LogP contribution in [0.2, 0.25) is 0 Å². The molecule has 2 heteroatoms. The Balaban J connectivity index is 2.41. The Bertz CT molecular complexity index is 425. The van der Waals surface area contributed by atoms with E-state index in [-0.39, 0.29) is 5.54 Å². The predicted molar refractivity (Wildman–Crippen MR) is 79.5 cm³/mol. The number of hydrogen-bond acceptors (Lipinski definition) is 2. The molecular formula is C16H26N2. The number of anilines is 1. The Morgan fingerprint density at radius 1 is 1.17 bits per heavy atom. The number of aryl methyl sites for hydroxylation is 3. The van der Waals surface area contributed by atoms with Crippen LogP contribution in [0.5, 0.6) is 0 Å². The second-order valence-electron chi connectivity index (χ2n) is 6.49. The lowest BCUT2D eigenvalue weighted by Crippen LogP contribution is -2.61. The number of benzene rings is 1. The normalized spacial score (nSPS) is 23.2. The SMILES string of the molecule is Cc1cc(C)c(N2CC(C)(C)NCC2C)c(C)c1. The first-order valence-corrected chi connectivity index (χ1v) is 6.90. The summed E-state index contributed by atoms with van der Waals surface area (Å²) in [7, 11) is 0. The van der Waals surface area contributed by atoms with Crippen molar-refractivity contribution < 1.29 is 0 Å². The van der Waals surface area contributed by atoms with E-state index in [1.807, 2.05) is 0 Å². The summed E-state index contributed by atoms with van der Waals surface area (Å²) in [5, 5.41) is 3.62. The van der Waals surface area contributed by atoms with Gasteiger partial charge in [-0.3, -0.25) is 0 Å². The van der Waals surface area contributed by atoms with Crippen molar-refractivity contribution in [2.24, 2.45) is 0 Å². The molecule has 0 amide bonds. The third-order valence-corrected chi connectivity index (χ3v) is 3.90. The highest BCUT2D eigenvalue weighted by atomic mass is 15.2. The molecular weight excluding hydrogens is 220 g/mol. The van der Waals surface area contributed by atoms with Gasteiger partial charge in [0.15, 0.2) is 0 Å². The molecule has 0 radical (unpaired) electrons. The van der Waals surface area contributed by atoms with E-state index in [2.05, 4.69) is 63.9 Å². The molecule has 1 aliphatic heterocycles. The van der Waals surface area contributed by atoms with Crippen LogP contribution in [0, 0.1) is 20.8 Å². The smallest absolute Gasteiger partial charge is 0.0429 e. The Morgan fingerprint density at radius 3 is 2.28 bits per heavy atom. The van der Waals surface area contributed by atoms with Gasteiger partial charge in [-0.25, -0.2) is 0 Å². The van der Waals surface area contributed by atoms with E-state index in [4.69, 9.17) is 0 Å². The molecule has 100 valence electrons. The van der Waals surface area contributed by atoms with Crippen molar-refractivity contribution in [1.82, 2.24) is 5.32 Å². The van der Waals surface area contributed by atoms with Crippen molar-refractivity contribution >= 4 is 5.69 Å². The first-order chi connectivity index (χ1) is 8.30. The van der Waals surface area contributed by atoms with Crippen LogP contribution >= 0.6 is 0 Å². The van der Waals surface area contributed by atoms with Gasteiger partial charge in [0, 0.05) is 30.4 Å². The zero-order valence-corrected chi connectivity index (χ0v) is 12.6. The fraction of sp³-hybridized carbons (Fsp3) is 0.625. The summed E-state index contributed by atoms with van der Waals surface area (Å²) in [5.41, 5.74) is 5.78. The summed E-state index contributed by atoms with van der Waals surface area (Å²) in [4.78, 5) is 2.57. The zero-order valence-electron chi connectivity index (χ0n) is 12.6. The number of rotatable bonds is 1. The van der Waals surface area contributed by atoms with Gasteiger partial charge in [-0.15, -0.1) is 0 Å². The molecule has 1 fully saturated rings. The van der Waals surface area contributed by atoms with E-state index in [1.54, 1.807) is 0 Å². The Labute approximate surface area is 111 Å². The largest absolute Gasteiger partial charge is 0.365 e. The molecule has 1 unspecified atom stereocenters. The van der Waals surface area contributed by atoms with E-state index in [1.165, 1.54) is 22.4 Å². The maximum atomic E-state index is 3.62. The summed E-state index contributed by atoms with van der Waals surface area (Å²) in [6, 6.07) is 5.15. The van der Waals surface area contributed by atoms with E-state index < -0.39 is 0 Å². The van der Waals surface area contributed by atoms with Gasteiger partial charge in [-0.2, -0.15) is 0 Å². The second kappa shape index (κ2) is 4.58. The van der Waals surface area contributed by atoms with Crippen LogP contribution in [-0.4, -0.2) is 24.7 Å². The molecule has 1 aromatic rings. The third kappa shape index (κ3) is 2.54. The van der Waals surface area contributed by atoms with Crippen molar-refractivity contribution in [2.45, 2.75) is 53.1 Å². The maximum absolute atomic E-state index is 3.62. The molecule has 1 aromatic carbocycles. The van der Waals surface area contributed by atoms with E-state index in [0.717, 1.165) is 13.1 Å². The van der Waals surface area contributed by atoms with Crippen molar-refractivity contribution in [3.8, 4) is 0 Å². The average Bonchev–Trinajstić information content (AvgIpc) is 2.21. The lowest BCUT2D eigenvalue weighted by atomic mass is 9.95. The fourth-order valence-corrected chi connectivity index (χ4v) is 3.10. The van der Waals surface area contributed by atoms with Gasteiger partial charge in [-0.05, 0) is 52.7 Å². The number of hydrogen-bond donors (Lipinski definition) is 1. The van der Waals surface area contributed by atoms with Crippen LogP contribution in [0.4, 0.5) is 5.69 Å². The summed E-state index contributed by atoms with van der Waals surface area (Å²) in [6.07, 6.45) is 0. The van der Waals surface area contributed by atoms with Gasteiger partial charge >= 0.3 is 0 Å². The van der Waals surface area contributed by atoms with Crippen LogP contribution < -0.4 is 10.2 Å². The maximum Gasteiger partial charge on any atom is 0.0429 e. The van der Waals surface area contributed by atoms with Crippen LogP contribution in [0.1, 0.15) is 37.5 Å². The van der Waals surface area contributed by atoms with Crippen molar-refractivity contribution in [3.05, 3.63) is 28.8 Å². The van der Waals surface area contributed by atoms with Crippen molar-refractivity contribution in [1.29, 1.82) is 0 Å². The van der Waals surface area contributed by atoms with E-state index in [0.29, 0.717) is 6.04 Å². The molecule has 1 saturated heterocycles. The topological polar surface area (TPSA) is 15.3 Å². The number of piperazine rings is 1. The van der Waals surface area contributed by atoms with Gasteiger partial charge in [0.05, 0.1) is 0 Å². The molecule has 0 aliphatic carbocycles. The van der Waals surface area contributed by atoms with Gasteiger partial charge < -0.3 is 10.2 Å². The molecule has 1 N–H and O–H groups in total. The second-order valence-corrected chi connectivity index (χ2v) is 6.49. The fourth-order valence-electron chi connectivity index (χ4n) is 3.10. The average molecular weight is 246 g/mol. The molecule has 1 aliphatic rings. The molecule has 18 heavy (non-hydrogen) atoms. The molecule has 1 heterocycles. The minimum Gasteiger partial charge on any atom is -0.365 e. The molecule has 2 nitrogen and oxygen atoms in total. The molecule has 2 rings (SSSR count). The summed E-state index contributed by atoms with van der Waals surface area (Å²) in [5.74, 6) is 0. The molecule has 0 aromatic heterocycles. The Hall–Kier alpha value is -1.02. The Kier molecular flexibility index (Phi) is 3.41. The highest BCUT2D eigenvalue weighted by Crippen LogP contribution is 2.30. The lowest BCUT2D eigenvalue weighted by Gasteiger charge is -2.45. The van der Waals surface area contributed by atoms with Crippen LogP contribution in [0.25, 0.3) is 0 Å². The summed E-state index contributed by atoms with van der Waals surface area (Å²) >= 11 is 0. The molecule has 0 bridgehead atoms. The predicted octanol–water partition coefficient (Wildman–Crippen LogP) is 3.19. The monoisotopic (exact) mass is 246 g/mol. The first kappa shape index (κ1) is 13.4. The number of nitrogens with zero attached hydrogens (tertiary/aromatic N) is 1. The van der Waals surface area contributed by atoms with Gasteiger partial charge in [0.1, 0.15) is 0 Å². The minimum absolute atomic E-state index is 0.191. The summed E-state index contributed by atoms with van der Waals surface area (Å²) < 4.78 is 0. The quantitative estimate of drug-likeness (QED) is 0.818.